The zero-order chi connectivity index (χ0) is 47.7. The second-order valence-corrected chi connectivity index (χ2v) is 18.3. The Bertz CT molecular complexity index is 3850. The third kappa shape index (κ3) is 8.24. The maximum Gasteiger partial charge on any atom is 0.0541 e. The lowest BCUT2D eigenvalue weighted by atomic mass is 9.98. The summed E-state index contributed by atoms with van der Waals surface area (Å²) in [4.78, 5) is 2.34. The Balaban J connectivity index is 0.000000315. The quantitative estimate of drug-likeness (QED) is 0.148. The molecule has 2 aromatic heterocycles. The topological polar surface area (TPSA) is 13.1 Å². The summed E-state index contributed by atoms with van der Waals surface area (Å²) in [5, 5.41) is 5.21. The van der Waals surface area contributed by atoms with Crippen molar-refractivity contribution < 1.29 is 0 Å². The van der Waals surface area contributed by atoms with Crippen LogP contribution in [0.4, 0.5) is 17.1 Å². The van der Waals surface area contributed by atoms with Crippen LogP contribution in [0.2, 0.25) is 0 Å². The van der Waals surface area contributed by atoms with Crippen LogP contribution in [0.5, 0.6) is 0 Å². The lowest BCUT2D eigenvalue weighted by Crippen LogP contribution is -2.09. The van der Waals surface area contributed by atoms with E-state index in [1.165, 1.54) is 99.4 Å². The number of hydrogen-bond acceptors (Lipinski definition) is 1. The summed E-state index contributed by atoms with van der Waals surface area (Å²) >= 11 is 0. The molecule has 0 amide bonds. The minimum Gasteiger partial charge on any atom is -0.344 e. The molecule has 0 aliphatic rings. The average molecular weight is 910 g/mol. The van der Waals surface area contributed by atoms with Crippen LogP contribution in [-0.4, -0.2) is 9.13 Å². The largest absolute Gasteiger partial charge is 0.344 e. The Morgan fingerprint density at radius 2 is 0.577 bits per heavy atom. The lowest BCUT2D eigenvalue weighted by molar-refractivity contribution is 1.01. The zero-order valence-corrected chi connectivity index (χ0v) is 39.8. The first-order chi connectivity index (χ1) is 35.1. The Hall–Kier alpha value is -9.18. The monoisotopic (exact) mass is 909 g/mol. The first-order valence-electron chi connectivity index (χ1n) is 24.4. The van der Waals surface area contributed by atoms with Crippen molar-refractivity contribution >= 4 is 60.7 Å². The van der Waals surface area contributed by atoms with Crippen molar-refractivity contribution in [3.05, 3.63) is 279 Å². The molecule has 71 heavy (non-hydrogen) atoms. The van der Waals surface area contributed by atoms with Crippen LogP contribution >= 0.6 is 0 Å². The molecule has 3 heteroatoms. The number of anilines is 3. The van der Waals surface area contributed by atoms with E-state index in [4.69, 9.17) is 0 Å². The highest BCUT2D eigenvalue weighted by atomic mass is 15.1. The molecule has 0 bridgehead atoms. The summed E-state index contributed by atoms with van der Waals surface area (Å²) in [7, 11) is 2.12. The first kappa shape index (κ1) is 43.1. The van der Waals surface area contributed by atoms with E-state index in [-0.39, 0.29) is 0 Å². The third-order valence-electron chi connectivity index (χ3n) is 13.9. The predicted molar refractivity (Wildman–Crippen MR) is 302 cm³/mol. The Morgan fingerprint density at radius 1 is 0.268 bits per heavy atom. The molecule has 13 rings (SSSR count). The number of fused-ring (bicyclic) bond motifs is 6. The molecule has 0 radical (unpaired) electrons. The fourth-order valence-corrected chi connectivity index (χ4v) is 10.3. The van der Waals surface area contributed by atoms with Gasteiger partial charge in [-0.1, -0.05) is 212 Å². The van der Waals surface area contributed by atoms with Gasteiger partial charge in [-0.25, -0.2) is 0 Å². The molecule has 0 spiro atoms. The SMILES string of the molecule is Cc1ccc(-c2ccc(N(c3ccc(-c4ccccc4)cc3)c3ccc(-c4ccc(-c5ccccc5-n5c6ccccc6c6ccccc65)cc4)cc3)cc2)cc1.Cn1c2ccccc2c2ccccc21. The fourth-order valence-electron chi connectivity index (χ4n) is 10.3. The Labute approximate surface area is 415 Å². The summed E-state index contributed by atoms with van der Waals surface area (Å²) in [5.74, 6) is 0. The van der Waals surface area contributed by atoms with Gasteiger partial charge < -0.3 is 14.0 Å². The second-order valence-electron chi connectivity index (χ2n) is 18.3. The molecule has 11 aromatic carbocycles. The van der Waals surface area contributed by atoms with Crippen molar-refractivity contribution in [1.29, 1.82) is 0 Å². The third-order valence-corrected chi connectivity index (χ3v) is 13.9. The van der Waals surface area contributed by atoms with E-state index in [9.17, 15) is 0 Å². The van der Waals surface area contributed by atoms with E-state index in [2.05, 4.69) is 301 Å². The van der Waals surface area contributed by atoms with Crippen LogP contribution in [0.25, 0.3) is 93.8 Å². The summed E-state index contributed by atoms with van der Waals surface area (Å²) in [5.41, 5.74) is 20.4. The molecular weight excluding hydrogens is 859 g/mol. The highest BCUT2D eigenvalue weighted by Crippen LogP contribution is 2.40. The highest BCUT2D eigenvalue weighted by Gasteiger charge is 2.17. The number of aromatic nitrogens is 2. The van der Waals surface area contributed by atoms with Crippen molar-refractivity contribution in [1.82, 2.24) is 9.13 Å². The van der Waals surface area contributed by atoms with Crippen LogP contribution in [-0.2, 0) is 7.05 Å². The van der Waals surface area contributed by atoms with Gasteiger partial charge in [-0.2, -0.15) is 0 Å². The number of para-hydroxylation sites is 5. The van der Waals surface area contributed by atoms with E-state index in [0.717, 1.165) is 17.1 Å². The molecule has 0 aliphatic carbocycles. The fraction of sp³-hybridized carbons (Fsp3) is 0.0294. The maximum atomic E-state index is 2.41. The van der Waals surface area contributed by atoms with Gasteiger partial charge in [-0.3, -0.25) is 0 Å². The van der Waals surface area contributed by atoms with Crippen LogP contribution in [0.3, 0.4) is 0 Å². The van der Waals surface area contributed by atoms with Crippen molar-refractivity contribution in [3.63, 3.8) is 0 Å². The molecule has 0 saturated carbocycles. The van der Waals surface area contributed by atoms with Gasteiger partial charge in [0.25, 0.3) is 0 Å². The molecule has 0 unspecified atom stereocenters. The van der Waals surface area contributed by atoms with Crippen molar-refractivity contribution in [3.8, 4) is 50.2 Å². The van der Waals surface area contributed by atoms with Crippen LogP contribution in [0, 0.1) is 6.92 Å². The zero-order valence-electron chi connectivity index (χ0n) is 39.8. The predicted octanol–water partition coefficient (Wildman–Crippen LogP) is 18.6. The molecule has 13 aromatic rings. The van der Waals surface area contributed by atoms with Gasteiger partial charge in [0.2, 0.25) is 0 Å². The van der Waals surface area contributed by atoms with Gasteiger partial charge in [-0.05, 0) is 113 Å². The number of rotatable bonds is 8. The standard InChI is InChI=1S/C55H40N2.C13H11N/c1-39-19-21-41(22-20-39)44-29-35-48(36-30-44)56(47-33-27-43(28-34-47)40-11-3-2-4-12-40)49-37-31-45(32-38-49)42-23-25-46(26-24-42)50-13-5-8-16-53(50)57-54-17-9-6-14-51(54)52-15-7-10-18-55(52)57;1-14-12-8-4-2-6-10(12)11-7-3-5-9-13(11)14/h2-38H,1H3;2-9H,1H3. The summed E-state index contributed by atoms with van der Waals surface area (Å²) in [6.07, 6.45) is 0. The normalized spacial score (nSPS) is 11.2. The van der Waals surface area contributed by atoms with Gasteiger partial charge >= 0.3 is 0 Å². The van der Waals surface area contributed by atoms with Crippen molar-refractivity contribution in [2.75, 3.05) is 4.90 Å². The van der Waals surface area contributed by atoms with E-state index >= 15 is 0 Å². The van der Waals surface area contributed by atoms with Crippen LogP contribution < -0.4 is 4.90 Å². The van der Waals surface area contributed by atoms with Crippen molar-refractivity contribution in [2.24, 2.45) is 7.05 Å². The van der Waals surface area contributed by atoms with Gasteiger partial charge in [0, 0.05) is 62.3 Å². The molecule has 0 saturated heterocycles. The van der Waals surface area contributed by atoms with Crippen molar-refractivity contribution in [2.45, 2.75) is 6.92 Å². The van der Waals surface area contributed by atoms with E-state index in [1.54, 1.807) is 0 Å². The summed E-state index contributed by atoms with van der Waals surface area (Å²) in [6, 6.07) is 98.2. The molecular formula is C68H51N3. The lowest BCUT2D eigenvalue weighted by Gasteiger charge is -2.26. The minimum absolute atomic E-state index is 1.10. The van der Waals surface area contributed by atoms with Gasteiger partial charge in [-0.15, -0.1) is 0 Å². The summed E-state index contributed by atoms with van der Waals surface area (Å²) < 4.78 is 4.65. The number of nitrogens with zero attached hydrogens (tertiary/aromatic N) is 3. The maximum absolute atomic E-state index is 2.41. The molecule has 0 atom stereocenters. The average Bonchev–Trinajstić information content (AvgIpc) is 3.94. The molecule has 3 nitrogen and oxygen atoms in total. The van der Waals surface area contributed by atoms with E-state index < -0.39 is 0 Å². The summed E-state index contributed by atoms with van der Waals surface area (Å²) in [6.45, 7) is 2.13. The number of aryl methyl sites for hydroxylation is 2. The molecule has 0 fully saturated rings. The second kappa shape index (κ2) is 18.7. The van der Waals surface area contributed by atoms with E-state index in [1.807, 2.05) is 0 Å². The smallest absolute Gasteiger partial charge is 0.0541 e. The molecule has 338 valence electrons. The Morgan fingerprint density at radius 3 is 1.03 bits per heavy atom. The first-order valence-corrected chi connectivity index (χ1v) is 24.4. The van der Waals surface area contributed by atoms with Crippen LogP contribution in [0.1, 0.15) is 5.56 Å². The number of benzene rings is 11. The van der Waals surface area contributed by atoms with Gasteiger partial charge in [0.15, 0.2) is 0 Å². The molecule has 0 aliphatic heterocycles. The minimum atomic E-state index is 1.10. The highest BCUT2D eigenvalue weighted by molar-refractivity contribution is 6.10. The van der Waals surface area contributed by atoms with Crippen LogP contribution in [0.15, 0.2) is 273 Å². The van der Waals surface area contributed by atoms with E-state index in [0.29, 0.717) is 0 Å². The molecule has 2 heterocycles. The molecule has 0 N–H and O–H groups in total. The number of hydrogen-bond donors (Lipinski definition) is 0. The Kier molecular flexibility index (Phi) is 11.4. The van der Waals surface area contributed by atoms with Gasteiger partial charge in [0.05, 0.1) is 16.7 Å². The van der Waals surface area contributed by atoms with Gasteiger partial charge in [0.1, 0.15) is 0 Å².